The van der Waals surface area contributed by atoms with E-state index in [4.69, 9.17) is 9.16 Å². The van der Waals surface area contributed by atoms with Crippen molar-refractivity contribution in [1.29, 1.82) is 0 Å². The second kappa shape index (κ2) is 8.32. The Morgan fingerprint density at radius 2 is 1.76 bits per heavy atom. The van der Waals surface area contributed by atoms with Crippen LogP contribution in [0.3, 0.4) is 0 Å². The van der Waals surface area contributed by atoms with Gasteiger partial charge in [0.25, 0.3) is 0 Å². The van der Waals surface area contributed by atoms with Crippen molar-refractivity contribution < 1.29 is 19.1 Å². The molecule has 156 valence electrons. The molecule has 0 radical (unpaired) electrons. The number of aliphatic carboxylic acids is 1. The maximum absolute atomic E-state index is 12.0. The Hall–Kier alpha value is -2.11. The van der Waals surface area contributed by atoms with Gasteiger partial charge in [0.15, 0.2) is 8.32 Å². The van der Waals surface area contributed by atoms with Crippen LogP contribution in [-0.2, 0) is 22.1 Å². The predicted octanol–water partition coefficient (Wildman–Crippen LogP) is 6.06. The van der Waals surface area contributed by atoms with Crippen molar-refractivity contribution in [3.8, 4) is 11.5 Å². The fourth-order valence-electron chi connectivity index (χ4n) is 3.55. The highest BCUT2D eigenvalue weighted by Gasteiger charge is 2.43. The summed E-state index contributed by atoms with van der Waals surface area (Å²) in [4.78, 5) is 12.0. The highest BCUT2D eigenvalue weighted by Crippen LogP contribution is 2.40. The highest BCUT2D eigenvalue weighted by atomic mass is 28.4. The zero-order chi connectivity index (χ0) is 21.2. The molecule has 0 aromatic heterocycles. The summed E-state index contributed by atoms with van der Waals surface area (Å²) in [6.45, 7) is 10.7. The number of para-hydroxylation sites is 1. The van der Waals surface area contributed by atoms with Crippen molar-refractivity contribution >= 4 is 14.3 Å². The SMILES string of the molecule is CC(C)(C)[Si](C)(C)OC(C(=O)O)C1CCc2cc(Oc3ccccc3)ccc2C1. The Kier molecular flexibility index (Phi) is 6.20. The third-order valence-corrected chi connectivity index (χ3v) is 10.8. The molecule has 2 unspecified atom stereocenters. The molecule has 29 heavy (non-hydrogen) atoms. The molecule has 1 aliphatic rings. The van der Waals surface area contributed by atoms with E-state index in [1.165, 1.54) is 11.1 Å². The van der Waals surface area contributed by atoms with Crippen LogP contribution in [0, 0.1) is 5.92 Å². The minimum atomic E-state index is -2.16. The average Bonchev–Trinajstić information content (AvgIpc) is 2.65. The number of rotatable bonds is 6. The smallest absolute Gasteiger partial charge is 0.331 e. The van der Waals surface area contributed by atoms with Gasteiger partial charge in [0.1, 0.15) is 17.6 Å². The van der Waals surface area contributed by atoms with E-state index >= 15 is 0 Å². The second-order valence-electron chi connectivity index (χ2n) is 9.49. The Balaban J connectivity index is 1.74. The van der Waals surface area contributed by atoms with Gasteiger partial charge in [0, 0.05) is 0 Å². The molecule has 0 fully saturated rings. The summed E-state index contributed by atoms with van der Waals surface area (Å²) in [5.74, 6) is 0.790. The van der Waals surface area contributed by atoms with Gasteiger partial charge in [-0.1, -0.05) is 45.0 Å². The summed E-state index contributed by atoms with van der Waals surface area (Å²) in [6.07, 6.45) is 1.64. The largest absolute Gasteiger partial charge is 0.479 e. The van der Waals surface area contributed by atoms with E-state index in [0.29, 0.717) is 0 Å². The van der Waals surface area contributed by atoms with Crippen LogP contribution in [0.5, 0.6) is 11.5 Å². The third kappa shape index (κ3) is 5.09. The van der Waals surface area contributed by atoms with E-state index in [1.807, 2.05) is 36.4 Å². The van der Waals surface area contributed by atoms with E-state index in [1.54, 1.807) is 0 Å². The molecule has 0 bridgehead atoms. The Labute approximate surface area is 175 Å². The Morgan fingerprint density at radius 3 is 2.38 bits per heavy atom. The minimum Gasteiger partial charge on any atom is -0.479 e. The van der Waals surface area contributed by atoms with Crippen molar-refractivity contribution in [3.63, 3.8) is 0 Å². The lowest BCUT2D eigenvalue weighted by molar-refractivity contribution is -0.148. The van der Waals surface area contributed by atoms with Gasteiger partial charge in [-0.3, -0.25) is 0 Å². The maximum Gasteiger partial charge on any atom is 0.331 e. The van der Waals surface area contributed by atoms with Gasteiger partial charge in [0.2, 0.25) is 0 Å². The first kappa shape index (κ1) is 21.6. The third-order valence-electron chi connectivity index (χ3n) is 6.32. The summed E-state index contributed by atoms with van der Waals surface area (Å²) in [5.41, 5.74) is 2.44. The van der Waals surface area contributed by atoms with Crippen LogP contribution in [0.1, 0.15) is 38.3 Å². The number of carboxylic acids is 1. The van der Waals surface area contributed by atoms with E-state index in [2.05, 4.69) is 46.0 Å². The minimum absolute atomic E-state index is 0.00461. The van der Waals surface area contributed by atoms with Gasteiger partial charge >= 0.3 is 5.97 Å². The van der Waals surface area contributed by atoms with Crippen molar-refractivity contribution in [2.75, 3.05) is 0 Å². The lowest BCUT2D eigenvalue weighted by Gasteiger charge is -2.41. The molecule has 3 rings (SSSR count). The molecule has 2 aromatic carbocycles. The van der Waals surface area contributed by atoms with Gasteiger partial charge in [-0.05, 0) is 78.7 Å². The summed E-state index contributed by atoms with van der Waals surface area (Å²) < 4.78 is 12.3. The van der Waals surface area contributed by atoms with Crippen molar-refractivity contribution in [2.45, 2.75) is 64.3 Å². The lowest BCUT2D eigenvalue weighted by Crippen LogP contribution is -2.49. The lowest BCUT2D eigenvalue weighted by atomic mass is 9.81. The van der Waals surface area contributed by atoms with Gasteiger partial charge in [0.05, 0.1) is 0 Å². The van der Waals surface area contributed by atoms with Gasteiger partial charge in [-0.2, -0.15) is 0 Å². The zero-order valence-electron chi connectivity index (χ0n) is 18.1. The number of benzene rings is 2. The van der Waals surface area contributed by atoms with E-state index in [9.17, 15) is 9.90 Å². The first-order chi connectivity index (χ1) is 13.6. The number of aryl methyl sites for hydroxylation is 1. The van der Waals surface area contributed by atoms with Crippen LogP contribution in [0.4, 0.5) is 0 Å². The number of hydrogen-bond donors (Lipinski definition) is 1. The molecule has 0 heterocycles. The maximum atomic E-state index is 12.0. The normalized spacial score (nSPS) is 18.0. The molecule has 2 aromatic rings. The van der Waals surface area contributed by atoms with Gasteiger partial charge in [-0.25, -0.2) is 4.79 Å². The molecular weight excluding hydrogens is 380 g/mol. The van der Waals surface area contributed by atoms with Crippen LogP contribution in [-0.4, -0.2) is 25.5 Å². The zero-order valence-corrected chi connectivity index (χ0v) is 19.1. The predicted molar refractivity (Wildman–Crippen MR) is 118 cm³/mol. The molecule has 4 nitrogen and oxygen atoms in total. The van der Waals surface area contributed by atoms with Crippen LogP contribution in [0.25, 0.3) is 0 Å². The molecule has 0 saturated carbocycles. The Bertz CT molecular complexity index is 855. The van der Waals surface area contributed by atoms with Crippen LogP contribution in [0.2, 0.25) is 18.1 Å². The monoisotopic (exact) mass is 412 g/mol. The molecule has 5 heteroatoms. The van der Waals surface area contributed by atoms with Crippen LogP contribution >= 0.6 is 0 Å². The number of fused-ring (bicyclic) bond motifs is 1. The Morgan fingerprint density at radius 1 is 1.07 bits per heavy atom. The number of hydrogen-bond acceptors (Lipinski definition) is 3. The average molecular weight is 413 g/mol. The fourth-order valence-corrected chi connectivity index (χ4v) is 4.83. The van der Waals surface area contributed by atoms with E-state index in [0.717, 1.165) is 30.8 Å². The second-order valence-corrected chi connectivity index (χ2v) is 14.2. The molecule has 0 spiro atoms. The quantitative estimate of drug-likeness (QED) is 0.586. The summed E-state index contributed by atoms with van der Waals surface area (Å²) in [7, 11) is -2.16. The van der Waals surface area contributed by atoms with Crippen molar-refractivity contribution in [3.05, 3.63) is 59.7 Å². The molecule has 0 amide bonds. The molecule has 0 saturated heterocycles. The number of carboxylic acid groups (broad SMARTS) is 1. The van der Waals surface area contributed by atoms with Crippen LogP contribution in [0.15, 0.2) is 48.5 Å². The topological polar surface area (TPSA) is 55.8 Å². The van der Waals surface area contributed by atoms with Gasteiger partial charge < -0.3 is 14.3 Å². The number of carbonyl (C=O) groups is 1. The summed E-state index contributed by atoms with van der Waals surface area (Å²) in [5, 5.41) is 9.87. The van der Waals surface area contributed by atoms with E-state index in [-0.39, 0.29) is 11.0 Å². The standard InChI is InChI=1S/C24H32O4Si/c1-24(2,3)29(4,5)28-22(23(25)26)19-12-11-18-16-21(14-13-17(18)15-19)27-20-9-7-6-8-10-20/h6-10,13-14,16,19,22H,11-12,15H2,1-5H3,(H,25,26). The first-order valence-corrected chi connectivity index (χ1v) is 13.2. The van der Waals surface area contributed by atoms with Crippen LogP contribution < -0.4 is 4.74 Å². The molecule has 1 aliphatic carbocycles. The number of ether oxygens (including phenoxy) is 1. The first-order valence-electron chi connectivity index (χ1n) is 10.3. The van der Waals surface area contributed by atoms with Crippen molar-refractivity contribution in [1.82, 2.24) is 0 Å². The molecule has 2 atom stereocenters. The molecule has 0 aliphatic heterocycles. The summed E-state index contributed by atoms with van der Waals surface area (Å²) >= 11 is 0. The molecule has 1 N–H and O–H groups in total. The summed E-state index contributed by atoms with van der Waals surface area (Å²) in [6, 6.07) is 15.9. The fraction of sp³-hybridized carbons (Fsp3) is 0.458. The molecular formula is C24H32O4Si. The van der Waals surface area contributed by atoms with Crippen molar-refractivity contribution in [2.24, 2.45) is 5.92 Å². The van der Waals surface area contributed by atoms with E-state index < -0.39 is 20.4 Å². The van der Waals surface area contributed by atoms with Gasteiger partial charge in [-0.15, -0.1) is 0 Å². The highest BCUT2D eigenvalue weighted by molar-refractivity contribution is 6.74.